The highest BCUT2D eigenvalue weighted by molar-refractivity contribution is 7.44. The van der Waals surface area contributed by atoms with Crippen LogP contribution in [0.15, 0.2) is 0 Å². The Kier molecular flexibility index (Phi) is 8.67. The van der Waals surface area contributed by atoms with E-state index < -0.39 is 8.53 Å². The van der Waals surface area contributed by atoms with Crippen molar-refractivity contribution in [2.24, 2.45) is 5.50 Å². The van der Waals surface area contributed by atoms with Gasteiger partial charge in [-0.05, 0) is 0 Å². The second-order valence-corrected chi connectivity index (χ2v) is 3.57. The molecule has 0 unspecified atom stereocenters. The predicted molar refractivity (Wildman–Crippen MR) is 59.1 cm³/mol. The number of hydrogen-bond acceptors (Lipinski definition) is 5. The van der Waals surface area contributed by atoms with Gasteiger partial charge in [0.05, 0.1) is 0 Å². The van der Waals surface area contributed by atoms with Crippen molar-refractivity contribution in [3.05, 3.63) is 0 Å². The summed E-state index contributed by atoms with van der Waals surface area (Å²) in [6, 6.07) is 0. The first-order chi connectivity index (χ1) is 6.67. The third kappa shape index (κ3) is 5.86. The lowest BCUT2D eigenvalue weighted by atomic mass is 10.6. The molecule has 0 fully saturated rings. The fraction of sp³-hybridized carbons (Fsp3) is 1.00. The molecule has 0 rings (SSSR count). The van der Waals surface area contributed by atoms with Crippen molar-refractivity contribution in [1.29, 1.82) is 0 Å². The first-order valence-corrected chi connectivity index (χ1v) is 6.33. The van der Waals surface area contributed by atoms with Gasteiger partial charge in [-0.15, -0.1) is 0 Å². The van der Waals surface area contributed by atoms with Gasteiger partial charge in [0.2, 0.25) is 0 Å². The van der Waals surface area contributed by atoms with Gasteiger partial charge in [0.15, 0.2) is 0 Å². The molecule has 0 aromatic carbocycles. The molecule has 5 nitrogen and oxygen atoms in total. The van der Waals surface area contributed by atoms with Gasteiger partial charge in [0.25, 0.3) is 8.53 Å². The summed E-state index contributed by atoms with van der Waals surface area (Å²) in [5.74, 6) is 0. The Bertz CT molecular complexity index is 118. The lowest BCUT2D eigenvalue weighted by Gasteiger charge is -2.25. The van der Waals surface area contributed by atoms with Crippen LogP contribution >= 0.6 is 8.53 Å². The molecule has 0 heterocycles. The Morgan fingerprint density at radius 3 is 1.36 bits per heavy atom. The first-order valence-electron chi connectivity index (χ1n) is 5.08. The summed E-state index contributed by atoms with van der Waals surface area (Å²) < 4.78 is 10.8. The molecular weight excluding hydrogens is 201 g/mol. The second-order valence-electron chi connectivity index (χ2n) is 2.68. The Balaban J connectivity index is 3.77. The average molecular weight is 223 g/mol. The van der Waals surface area contributed by atoms with Crippen molar-refractivity contribution in [3.8, 4) is 0 Å². The number of hydrogen-bond donors (Lipinski definition) is 1. The Morgan fingerprint density at radius 1 is 0.857 bits per heavy atom. The number of hydroxylamine groups is 4. The third-order valence-electron chi connectivity index (χ3n) is 1.80. The summed E-state index contributed by atoms with van der Waals surface area (Å²) in [5.41, 5.74) is 5.71. The monoisotopic (exact) mass is 223 g/mol. The standard InChI is InChI=1S/C8H22N3O2P/c1-5-10(6-2)12-14(9)13-11(7-3)8-4/h5-9H2,1-4H3. The van der Waals surface area contributed by atoms with Crippen LogP contribution in [0.2, 0.25) is 0 Å². The van der Waals surface area contributed by atoms with E-state index in [1.807, 2.05) is 27.7 Å². The Morgan fingerprint density at radius 2 is 1.14 bits per heavy atom. The van der Waals surface area contributed by atoms with Crippen molar-refractivity contribution in [2.75, 3.05) is 26.2 Å². The van der Waals surface area contributed by atoms with E-state index in [4.69, 9.17) is 14.8 Å². The van der Waals surface area contributed by atoms with Crippen LogP contribution in [0, 0.1) is 0 Å². The van der Waals surface area contributed by atoms with Gasteiger partial charge in [-0.2, -0.15) is 10.1 Å². The van der Waals surface area contributed by atoms with Crippen molar-refractivity contribution >= 4 is 8.53 Å². The van der Waals surface area contributed by atoms with E-state index in [2.05, 4.69) is 0 Å². The molecule has 0 aliphatic rings. The summed E-state index contributed by atoms with van der Waals surface area (Å²) in [6.45, 7) is 11.3. The summed E-state index contributed by atoms with van der Waals surface area (Å²) in [6.07, 6.45) is 0. The minimum atomic E-state index is -1.33. The van der Waals surface area contributed by atoms with Crippen LogP contribution in [-0.4, -0.2) is 36.3 Å². The summed E-state index contributed by atoms with van der Waals surface area (Å²) in [5, 5.41) is 3.57. The fourth-order valence-corrected chi connectivity index (χ4v) is 1.87. The smallest absolute Gasteiger partial charge is 0.262 e. The first kappa shape index (κ1) is 14.2. The van der Waals surface area contributed by atoms with E-state index in [9.17, 15) is 0 Å². The Labute approximate surface area is 88.0 Å². The maximum absolute atomic E-state index is 5.71. The van der Waals surface area contributed by atoms with Crippen LogP contribution < -0.4 is 5.50 Å². The number of nitrogens with zero attached hydrogens (tertiary/aromatic N) is 2. The molecular formula is C8H22N3O2P. The van der Waals surface area contributed by atoms with E-state index in [0.717, 1.165) is 26.2 Å². The molecule has 0 amide bonds. The molecule has 0 aliphatic carbocycles. The molecule has 0 bridgehead atoms. The lowest BCUT2D eigenvalue weighted by Crippen LogP contribution is -2.27. The zero-order valence-electron chi connectivity index (χ0n) is 9.56. The predicted octanol–water partition coefficient (Wildman–Crippen LogP) is 1.72. The van der Waals surface area contributed by atoms with Gasteiger partial charge < -0.3 is 0 Å². The molecule has 6 heteroatoms. The van der Waals surface area contributed by atoms with Crippen molar-refractivity contribution < 1.29 is 9.25 Å². The van der Waals surface area contributed by atoms with Crippen molar-refractivity contribution in [1.82, 2.24) is 10.1 Å². The third-order valence-corrected chi connectivity index (χ3v) is 2.59. The molecule has 86 valence electrons. The normalized spacial score (nSPS) is 12.0. The van der Waals surface area contributed by atoms with Gasteiger partial charge in [0, 0.05) is 26.2 Å². The number of nitrogens with two attached hydrogens (primary N) is 1. The minimum Gasteiger partial charge on any atom is -0.262 e. The van der Waals surface area contributed by atoms with Gasteiger partial charge in [0.1, 0.15) is 0 Å². The van der Waals surface area contributed by atoms with Crippen LogP contribution in [0.3, 0.4) is 0 Å². The van der Waals surface area contributed by atoms with Crippen molar-refractivity contribution in [3.63, 3.8) is 0 Å². The maximum atomic E-state index is 5.71. The highest BCUT2D eigenvalue weighted by Crippen LogP contribution is 2.31. The molecule has 0 aromatic heterocycles. The minimum absolute atomic E-state index is 0.814. The van der Waals surface area contributed by atoms with E-state index in [-0.39, 0.29) is 0 Å². The summed E-state index contributed by atoms with van der Waals surface area (Å²) >= 11 is 0. The number of rotatable bonds is 8. The zero-order valence-corrected chi connectivity index (χ0v) is 10.5. The van der Waals surface area contributed by atoms with E-state index in [1.54, 1.807) is 10.1 Å². The molecule has 0 saturated carbocycles. The second kappa shape index (κ2) is 8.53. The highest BCUT2D eigenvalue weighted by atomic mass is 31.2. The quantitative estimate of drug-likeness (QED) is 0.501. The van der Waals surface area contributed by atoms with E-state index in [1.165, 1.54) is 0 Å². The van der Waals surface area contributed by atoms with Gasteiger partial charge in [-0.3, -0.25) is 5.50 Å². The topological polar surface area (TPSA) is 51.0 Å². The average Bonchev–Trinajstić information content (AvgIpc) is 2.22. The van der Waals surface area contributed by atoms with Crippen LogP contribution in [0.5, 0.6) is 0 Å². The van der Waals surface area contributed by atoms with Gasteiger partial charge in [-0.1, -0.05) is 27.7 Å². The zero-order chi connectivity index (χ0) is 11.0. The van der Waals surface area contributed by atoms with Crippen LogP contribution in [-0.2, 0) is 9.25 Å². The molecule has 2 N–H and O–H groups in total. The van der Waals surface area contributed by atoms with E-state index >= 15 is 0 Å². The van der Waals surface area contributed by atoms with Gasteiger partial charge in [-0.25, -0.2) is 9.25 Å². The van der Waals surface area contributed by atoms with Crippen LogP contribution in [0.1, 0.15) is 27.7 Å². The van der Waals surface area contributed by atoms with Crippen LogP contribution in [0.4, 0.5) is 0 Å². The summed E-state index contributed by atoms with van der Waals surface area (Å²) in [4.78, 5) is 0. The summed E-state index contributed by atoms with van der Waals surface area (Å²) in [7, 11) is -1.33. The molecule has 0 spiro atoms. The van der Waals surface area contributed by atoms with Crippen molar-refractivity contribution in [2.45, 2.75) is 27.7 Å². The SMILES string of the molecule is CCN(CC)OP(N)ON(CC)CC. The molecule has 0 aliphatic heterocycles. The molecule has 0 saturated heterocycles. The maximum Gasteiger partial charge on any atom is 0.289 e. The molecule has 0 aromatic rings. The molecule has 0 atom stereocenters. The molecule has 0 radical (unpaired) electrons. The van der Waals surface area contributed by atoms with Crippen LogP contribution in [0.25, 0.3) is 0 Å². The molecule has 14 heavy (non-hydrogen) atoms. The van der Waals surface area contributed by atoms with E-state index in [0.29, 0.717) is 0 Å². The highest BCUT2D eigenvalue weighted by Gasteiger charge is 2.13. The van der Waals surface area contributed by atoms with Gasteiger partial charge >= 0.3 is 0 Å². The Hall–Kier alpha value is 0.230. The lowest BCUT2D eigenvalue weighted by molar-refractivity contribution is -0.101. The largest absolute Gasteiger partial charge is 0.289 e. The fourth-order valence-electron chi connectivity index (χ4n) is 0.921.